The first-order valence-electron chi connectivity index (χ1n) is 10.5. The van der Waals surface area contributed by atoms with Gasteiger partial charge >= 0.3 is 0 Å². The van der Waals surface area contributed by atoms with Crippen LogP contribution in [0.2, 0.25) is 5.02 Å². The van der Waals surface area contributed by atoms with Gasteiger partial charge in [-0.25, -0.2) is 13.4 Å². The molecular weight excluding hydrogens is 464 g/mol. The zero-order chi connectivity index (χ0) is 23.6. The maximum absolute atomic E-state index is 13.0. The average Bonchev–Trinajstić information content (AvgIpc) is 2.79. The molecule has 0 saturated carbocycles. The van der Waals surface area contributed by atoms with E-state index < -0.39 is 15.9 Å². The van der Waals surface area contributed by atoms with Gasteiger partial charge in [-0.05, 0) is 56.2 Å². The highest BCUT2D eigenvalue weighted by Crippen LogP contribution is 2.26. The van der Waals surface area contributed by atoms with Crippen molar-refractivity contribution in [2.24, 2.45) is 5.92 Å². The number of sulfonamides is 1. The summed E-state index contributed by atoms with van der Waals surface area (Å²) < 4.78 is 27.3. The van der Waals surface area contributed by atoms with Gasteiger partial charge in [0.15, 0.2) is 0 Å². The van der Waals surface area contributed by atoms with Crippen molar-refractivity contribution in [1.82, 2.24) is 14.3 Å². The van der Waals surface area contributed by atoms with Crippen molar-refractivity contribution < 1.29 is 13.2 Å². The lowest BCUT2D eigenvalue weighted by Crippen LogP contribution is -2.43. The highest BCUT2D eigenvalue weighted by molar-refractivity contribution is 7.89. The van der Waals surface area contributed by atoms with E-state index in [4.69, 9.17) is 11.6 Å². The summed E-state index contributed by atoms with van der Waals surface area (Å²) in [5.41, 5.74) is 1.53. The number of aryl methyl sites for hydroxylation is 1. The molecule has 8 nitrogen and oxygen atoms in total. The number of hydrogen-bond acceptors (Lipinski definition) is 5. The van der Waals surface area contributed by atoms with Crippen molar-refractivity contribution in [2.75, 3.05) is 18.4 Å². The van der Waals surface area contributed by atoms with Gasteiger partial charge in [0.05, 0.1) is 10.8 Å². The van der Waals surface area contributed by atoms with Crippen molar-refractivity contribution in [3.05, 3.63) is 75.7 Å². The van der Waals surface area contributed by atoms with E-state index in [1.54, 1.807) is 31.2 Å². The second-order valence-corrected chi connectivity index (χ2v) is 10.3. The summed E-state index contributed by atoms with van der Waals surface area (Å²) in [4.78, 5) is 31.9. The average molecular weight is 487 g/mol. The Hall–Kier alpha value is -3.01. The number of aromatic amines is 1. The van der Waals surface area contributed by atoms with Gasteiger partial charge < -0.3 is 10.3 Å². The fraction of sp³-hybridized carbons (Fsp3) is 0.261. The minimum Gasteiger partial charge on any atom is -0.326 e. The number of rotatable bonds is 5. The molecule has 10 heteroatoms. The Labute approximate surface area is 196 Å². The van der Waals surface area contributed by atoms with Crippen LogP contribution in [0.25, 0.3) is 11.4 Å². The number of piperidine rings is 1. The molecule has 0 spiro atoms. The molecule has 0 aliphatic carbocycles. The van der Waals surface area contributed by atoms with Crippen LogP contribution in [0.4, 0.5) is 5.69 Å². The number of carbonyl (C=O) groups excluding carboxylic acids is 1. The monoisotopic (exact) mass is 486 g/mol. The highest BCUT2D eigenvalue weighted by Gasteiger charge is 2.33. The molecule has 3 aromatic rings. The van der Waals surface area contributed by atoms with E-state index in [2.05, 4.69) is 15.3 Å². The van der Waals surface area contributed by atoms with Crippen LogP contribution in [0, 0.1) is 12.8 Å². The van der Waals surface area contributed by atoms with Crippen molar-refractivity contribution in [3.63, 3.8) is 0 Å². The predicted octanol–water partition coefficient (Wildman–Crippen LogP) is 3.44. The van der Waals surface area contributed by atoms with Crippen molar-refractivity contribution in [2.45, 2.75) is 24.7 Å². The normalized spacial score (nSPS) is 17.0. The Morgan fingerprint density at radius 2 is 1.94 bits per heavy atom. The largest absolute Gasteiger partial charge is 0.326 e. The van der Waals surface area contributed by atoms with Crippen LogP contribution in [0.3, 0.4) is 0 Å². The third-order valence-electron chi connectivity index (χ3n) is 5.48. The number of benzene rings is 2. The second kappa shape index (κ2) is 9.46. The van der Waals surface area contributed by atoms with Crippen molar-refractivity contribution >= 4 is 33.2 Å². The fourth-order valence-corrected chi connectivity index (χ4v) is 5.48. The minimum atomic E-state index is -3.72. The molecule has 172 valence electrons. The number of anilines is 1. The van der Waals surface area contributed by atoms with Crippen LogP contribution < -0.4 is 10.9 Å². The summed E-state index contributed by atoms with van der Waals surface area (Å²) in [6, 6.07) is 14.4. The third-order valence-corrected chi connectivity index (χ3v) is 7.61. The molecule has 1 saturated heterocycles. The lowest BCUT2D eigenvalue weighted by Gasteiger charge is -2.31. The zero-order valence-electron chi connectivity index (χ0n) is 17.9. The van der Waals surface area contributed by atoms with E-state index >= 15 is 0 Å². The lowest BCUT2D eigenvalue weighted by molar-refractivity contribution is -0.120. The van der Waals surface area contributed by atoms with Crippen LogP contribution in [-0.4, -0.2) is 41.7 Å². The van der Waals surface area contributed by atoms with E-state index in [1.165, 1.54) is 34.6 Å². The number of aromatic nitrogens is 2. The highest BCUT2D eigenvalue weighted by atomic mass is 35.5. The van der Waals surface area contributed by atoms with E-state index in [0.717, 1.165) is 0 Å². The molecule has 2 heterocycles. The number of halogens is 1. The van der Waals surface area contributed by atoms with Gasteiger partial charge in [0.25, 0.3) is 5.56 Å². The van der Waals surface area contributed by atoms with Gasteiger partial charge in [0.1, 0.15) is 5.82 Å². The maximum atomic E-state index is 13.0. The second-order valence-electron chi connectivity index (χ2n) is 7.96. The Morgan fingerprint density at radius 1 is 1.18 bits per heavy atom. The van der Waals surface area contributed by atoms with E-state index in [-0.39, 0.29) is 22.9 Å². The van der Waals surface area contributed by atoms with Crippen molar-refractivity contribution in [3.8, 4) is 11.4 Å². The Kier molecular flexibility index (Phi) is 6.64. The van der Waals surface area contributed by atoms with Gasteiger partial charge in [-0.15, -0.1) is 0 Å². The SMILES string of the molecule is Cc1cc(=O)[nH]c(-c2cccc(NC(=O)[C@H]3CCCN(S(=O)(=O)c4ccc(Cl)cc4)C3)c2)n1. The van der Waals surface area contributed by atoms with Gasteiger partial charge in [-0.1, -0.05) is 23.7 Å². The molecular formula is C23H23ClN4O4S. The van der Waals surface area contributed by atoms with Gasteiger partial charge in [0, 0.05) is 41.1 Å². The third kappa shape index (κ3) is 5.32. The number of H-pyrrole nitrogens is 1. The van der Waals surface area contributed by atoms with Crippen molar-refractivity contribution in [1.29, 1.82) is 0 Å². The standard InChI is InChI=1S/C23H23ClN4O4S/c1-15-12-21(29)27-22(25-15)16-4-2-6-19(13-16)26-23(30)17-5-3-11-28(14-17)33(31,32)20-9-7-18(24)8-10-20/h2,4,6-10,12-13,17H,3,5,11,14H2,1H3,(H,26,30)(H,25,27,29)/t17-/m0/s1. The first-order chi connectivity index (χ1) is 15.7. The molecule has 33 heavy (non-hydrogen) atoms. The molecule has 4 rings (SSSR count). The lowest BCUT2D eigenvalue weighted by atomic mass is 9.98. The van der Waals surface area contributed by atoms with Crippen LogP contribution in [0.5, 0.6) is 0 Å². The van der Waals surface area contributed by atoms with Gasteiger partial charge in [-0.3, -0.25) is 9.59 Å². The molecule has 2 N–H and O–H groups in total. The minimum absolute atomic E-state index is 0.100. The summed E-state index contributed by atoms with van der Waals surface area (Å²) in [5, 5.41) is 3.33. The molecule has 1 aromatic heterocycles. The molecule has 1 atom stereocenters. The van der Waals surface area contributed by atoms with Crippen LogP contribution in [0.1, 0.15) is 18.5 Å². The number of nitrogens with one attached hydrogen (secondary N) is 2. The number of amides is 1. The van der Waals surface area contributed by atoms with E-state index in [1.807, 2.05) is 0 Å². The summed E-state index contributed by atoms with van der Waals surface area (Å²) in [6.07, 6.45) is 1.17. The molecule has 0 bridgehead atoms. The topological polar surface area (TPSA) is 112 Å². The van der Waals surface area contributed by atoms with Crippen LogP contribution in [-0.2, 0) is 14.8 Å². The predicted molar refractivity (Wildman–Crippen MR) is 127 cm³/mol. The molecule has 2 aromatic carbocycles. The van der Waals surface area contributed by atoms with Crippen LogP contribution >= 0.6 is 11.6 Å². The zero-order valence-corrected chi connectivity index (χ0v) is 19.5. The first-order valence-corrected chi connectivity index (χ1v) is 12.3. The molecule has 1 fully saturated rings. The molecule has 1 aliphatic rings. The van der Waals surface area contributed by atoms with E-state index in [9.17, 15) is 18.0 Å². The summed E-state index contributed by atoms with van der Waals surface area (Å²) in [5.74, 6) is -0.329. The summed E-state index contributed by atoms with van der Waals surface area (Å²) in [6.45, 7) is 2.19. The number of hydrogen-bond donors (Lipinski definition) is 2. The summed E-state index contributed by atoms with van der Waals surface area (Å²) in [7, 11) is -3.72. The Bertz CT molecular complexity index is 1340. The maximum Gasteiger partial charge on any atom is 0.251 e. The van der Waals surface area contributed by atoms with Gasteiger partial charge in [-0.2, -0.15) is 4.31 Å². The molecule has 0 radical (unpaired) electrons. The van der Waals surface area contributed by atoms with Gasteiger partial charge in [0.2, 0.25) is 15.9 Å². The van der Waals surface area contributed by atoms with Crippen LogP contribution in [0.15, 0.2) is 64.3 Å². The quantitative estimate of drug-likeness (QED) is 0.573. The number of carbonyl (C=O) groups is 1. The molecule has 1 amide bonds. The Balaban J connectivity index is 1.49. The fourth-order valence-electron chi connectivity index (χ4n) is 3.83. The molecule has 0 unspecified atom stereocenters. The van der Waals surface area contributed by atoms with E-state index in [0.29, 0.717) is 47.2 Å². The smallest absolute Gasteiger partial charge is 0.251 e. The molecule has 1 aliphatic heterocycles. The Morgan fingerprint density at radius 3 is 2.67 bits per heavy atom. The first kappa shape index (κ1) is 23.2. The number of nitrogens with zero attached hydrogens (tertiary/aromatic N) is 2. The summed E-state index contributed by atoms with van der Waals surface area (Å²) >= 11 is 5.87.